The van der Waals surface area contributed by atoms with Crippen molar-refractivity contribution in [3.05, 3.63) is 70.7 Å². The number of rotatable bonds is 2. The number of hydrogen-bond acceptors (Lipinski definition) is 5. The molecule has 1 fully saturated rings. The van der Waals surface area contributed by atoms with E-state index in [2.05, 4.69) is 15.5 Å². The predicted molar refractivity (Wildman–Crippen MR) is 115 cm³/mol. The van der Waals surface area contributed by atoms with Gasteiger partial charge in [0, 0.05) is 0 Å². The van der Waals surface area contributed by atoms with Crippen LogP contribution in [0.1, 0.15) is 4.44 Å². The Morgan fingerprint density at radius 1 is 0.862 bits per heavy atom. The molecular formula is C21H13N3O3SSe. The molecule has 3 aromatic rings. The van der Waals surface area contributed by atoms with Crippen LogP contribution in [0.4, 0.5) is 15.9 Å². The Morgan fingerprint density at radius 3 is 2.07 bits per heavy atom. The molecule has 0 bridgehead atoms. The molecule has 1 saturated heterocycles. The number of carbonyl (C=O) groups excluding carboxylic acids is 2. The molecule has 29 heavy (non-hydrogen) atoms. The Kier molecular flexibility index (Phi) is 4.32. The molecule has 3 heterocycles. The Labute approximate surface area is 177 Å². The molecule has 0 unspecified atom stereocenters. The summed E-state index contributed by atoms with van der Waals surface area (Å²) >= 11 is 4.74. The zero-order chi connectivity index (χ0) is 20.0. The minimum atomic E-state index is -0.481. The van der Waals surface area contributed by atoms with Crippen LogP contribution in [-0.2, 0) is 9.59 Å². The van der Waals surface area contributed by atoms with E-state index in [-0.39, 0.29) is 25.2 Å². The summed E-state index contributed by atoms with van der Waals surface area (Å²) in [5.74, 6) is 0.612. The van der Waals surface area contributed by atoms with Crippen LogP contribution in [0, 0.1) is 0 Å². The first-order valence-electron chi connectivity index (χ1n) is 8.74. The van der Waals surface area contributed by atoms with Crippen LogP contribution in [-0.4, -0.2) is 31.4 Å². The van der Waals surface area contributed by atoms with Gasteiger partial charge < -0.3 is 0 Å². The molecule has 0 saturated carbocycles. The molecule has 6 nitrogen and oxygen atoms in total. The second-order valence-electron chi connectivity index (χ2n) is 6.34. The SMILES string of the molecule is O=C1NC(=S)NC(=O)C1=Cc1ccc(N2c3ccccc3Oc3ccccc32)[se]1. The number of carbonyl (C=O) groups is 2. The summed E-state index contributed by atoms with van der Waals surface area (Å²) < 4.78 is 8.05. The second-order valence-corrected chi connectivity index (χ2v) is 9.05. The molecule has 0 atom stereocenters. The fourth-order valence-electron chi connectivity index (χ4n) is 3.23. The van der Waals surface area contributed by atoms with Gasteiger partial charge in [-0.3, -0.25) is 0 Å². The van der Waals surface area contributed by atoms with Crippen LogP contribution in [0.2, 0.25) is 0 Å². The average Bonchev–Trinajstić information content (AvgIpc) is 3.17. The molecule has 2 amide bonds. The minimum absolute atomic E-state index is 0.0309. The molecular weight excluding hydrogens is 453 g/mol. The second kappa shape index (κ2) is 7.00. The maximum absolute atomic E-state index is 12.1. The van der Waals surface area contributed by atoms with Gasteiger partial charge in [-0.15, -0.1) is 0 Å². The van der Waals surface area contributed by atoms with Gasteiger partial charge in [0.05, 0.1) is 0 Å². The molecule has 2 N–H and O–H groups in total. The van der Waals surface area contributed by atoms with Crippen molar-refractivity contribution in [3.8, 4) is 11.5 Å². The molecule has 1 aromatic heterocycles. The first-order valence-corrected chi connectivity index (χ1v) is 10.9. The van der Waals surface area contributed by atoms with Gasteiger partial charge >= 0.3 is 178 Å². The zero-order valence-electron chi connectivity index (χ0n) is 14.8. The summed E-state index contributed by atoms with van der Waals surface area (Å²) in [7, 11) is 0. The Morgan fingerprint density at radius 2 is 1.45 bits per heavy atom. The molecule has 8 heteroatoms. The standard InChI is InChI=1S/C21H13N3O3SSe/c25-19-13(20(26)23-21(28)22-19)11-12-9-10-18(29-12)24-14-5-1-3-7-16(14)27-17-8-4-2-6-15(17)24/h1-11H,(H2,22,23,25,26,28). The summed E-state index contributed by atoms with van der Waals surface area (Å²) in [6.45, 7) is 0. The van der Waals surface area contributed by atoms with Crippen molar-refractivity contribution in [2.24, 2.45) is 0 Å². The average molecular weight is 466 g/mol. The van der Waals surface area contributed by atoms with Gasteiger partial charge in [-0.2, -0.15) is 0 Å². The molecule has 142 valence electrons. The van der Waals surface area contributed by atoms with E-state index in [1.54, 1.807) is 6.08 Å². The van der Waals surface area contributed by atoms with Crippen molar-refractivity contribution in [1.29, 1.82) is 0 Å². The topological polar surface area (TPSA) is 70.7 Å². The fourth-order valence-corrected chi connectivity index (χ4v) is 5.47. The Bertz CT molecular complexity index is 1150. The summed E-state index contributed by atoms with van der Waals surface area (Å²) in [4.78, 5) is 26.4. The van der Waals surface area contributed by atoms with E-state index in [1.165, 1.54) is 0 Å². The van der Waals surface area contributed by atoms with Gasteiger partial charge in [0.15, 0.2) is 0 Å². The number of ether oxygens (including phenoxy) is 1. The van der Waals surface area contributed by atoms with Crippen molar-refractivity contribution in [3.63, 3.8) is 0 Å². The molecule has 2 aliphatic rings. The number of fused-ring (bicyclic) bond motifs is 2. The number of nitrogens with zero attached hydrogens (tertiary/aromatic N) is 1. The third-order valence-electron chi connectivity index (χ3n) is 4.50. The van der Waals surface area contributed by atoms with Crippen molar-refractivity contribution < 1.29 is 14.3 Å². The quantitative estimate of drug-likeness (QED) is 0.206. The summed E-state index contributed by atoms with van der Waals surface area (Å²) in [6.07, 6.45) is 1.63. The Balaban J connectivity index is 1.56. The Hall–Kier alpha value is -3.19. The monoisotopic (exact) mass is 467 g/mol. The number of amides is 2. The van der Waals surface area contributed by atoms with E-state index in [0.717, 1.165) is 31.9 Å². The van der Waals surface area contributed by atoms with Crippen LogP contribution in [0.5, 0.6) is 11.5 Å². The van der Waals surface area contributed by atoms with Crippen molar-refractivity contribution in [1.82, 2.24) is 10.6 Å². The van der Waals surface area contributed by atoms with E-state index in [4.69, 9.17) is 17.0 Å². The summed E-state index contributed by atoms with van der Waals surface area (Å²) in [5, 5.41) is 4.96. The number of hydrogen-bond donors (Lipinski definition) is 2. The van der Waals surface area contributed by atoms with Crippen molar-refractivity contribution in [2.45, 2.75) is 0 Å². The number of para-hydroxylation sites is 4. The van der Waals surface area contributed by atoms with E-state index in [1.807, 2.05) is 60.7 Å². The van der Waals surface area contributed by atoms with Gasteiger partial charge in [-0.25, -0.2) is 0 Å². The number of anilines is 3. The van der Waals surface area contributed by atoms with Gasteiger partial charge in [0.2, 0.25) is 0 Å². The first-order chi connectivity index (χ1) is 14.1. The van der Waals surface area contributed by atoms with Gasteiger partial charge in [-0.1, -0.05) is 0 Å². The maximum atomic E-state index is 12.1. The summed E-state index contributed by atoms with van der Waals surface area (Å²) in [6, 6.07) is 19.7. The molecule has 2 aliphatic heterocycles. The van der Waals surface area contributed by atoms with Crippen LogP contribution in [0.3, 0.4) is 0 Å². The van der Waals surface area contributed by atoms with E-state index in [9.17, 15) is 9.59 Å². The van der Waals surface area contributed by atoms with E-state index < -0.39 is 11.8 Å². The third kappa shape index (κ3) is 3.17. The number of thiocarbonyl (C=S) groups is 1. The summed E-state index contributed by atoms with van der Waals surface area (Å²) in [5.41, 5.74) is 1.98. The number of benzene rings is 2. The van der Waals surface area contributed by atoms with Gasteiger partial charge in [-0.05, 0) is 0 Å². The normalized spacial score (nSPS) is 15.1. The molecule has 5 rings (SSSR count). The molecule has 0 radical (unpaired) electrons. The zero-order valence-corrected chi connectivity index (χ0v) is 17.4. The first kappa shape index (κ1) is 17.9. The predicted octanol–water partition coefficient (Wildman–Crippen LogP) is 3.23. The van der Waals surface area contributed by atoms with Crippen LogP contribution in [0.25, 0.3) is 6.08 Å². The van der Waals surface area contributed by atoms with Gasteiger partial charge in [0.25, 0.3) is 0 Å². The number of nitrogens with one attached hydrogen (secondary N) is 2. The van der Waals surface area contributed by atoms with Crippen LogP contribution >= 0.6 is 12.2 Å². The fraction of sp³-hybridized carbons (Fsp3) is 0. The van der Waals surface area contributed by atoms with Crippen molar-refractivity contribution >= 4 is 65.7 Å². The van der Waals surface area contributed by atoms with Crippen molar-refractivity contribution in [2.75, 3.05) is 4.90 Å². The van der Waals surface area contributed by atoms with Crippen LogP contribution in [0.15, 0.2) is 66.2 Å². The molecule has 2 aromatic carbocycles. The molecule has 0 aliphatic carbocycles. The van der Waals surface area contributed by atoms with Crippen LogP contribution < -0.4 is 20.3 Å². The van der Waals surface area contributed by atoms with E-state index >= 15 is 0 Å². The molecule has 0 spiro atoms. The third-order valence-corrected chi connectivity index (χ3v) is 6.83. The van der Waals surface area contributed by atoms with Gasteiger partial charge in [0.1, 0.15) is 0 Å². The van der Waals surface area contributed by atoms with E-state index in [0.29, 0.717) is 0 Å².